The number of hydrogen-bond donors (Lipinski definition) is 1. The van der Waals surface area contributed by atoms with Gasteiger partial charge < -0.3 is 9.88 Å². The highest BCUT2D eigenvalue weighted by Gasteiger charge is 2.26. The Morgan fingerprint density at radius 3 is 2.65 bits per heavy atom. The number of benzene rings is 1. The van der Waals surface area contributed by atoms with Crippen molar-refractivity contribution in [3.8, 4) is 0 Å². The summed E-state index contributed by atoms with van der Waals surface area (Å²) in [5.41, 5.74) is 0.356. The Balaban J connectivity index is 2.20. The lowest BCUT2D eigenvalue weighted by Gasteiger charge is -2.17. The molecule has 1 aliphatic carbocycles. The second-order valence-corrected chi connectivity index (χ2v) is 5.63. The predicted octanol–water partition coefficient (Wildman–Crippen LogP) is 2.47. The summed E-state index contributed by atoms with van der Waals surface area (Å²) in [6, 6.07) is 9.45. The van der Waals surface area contributed by atoms with Gasteiger partial charge in [0.1, 0.15) is 5.69 Å². The second kappa shape index (κ2) is 4.78. The Labute approximate surface area is 117 Å². The number of hydrogen-bond acceptors (Lipinski definition) is 2. The highest BCUT2D eigenvalue weighted by molar-refractivity contribution is 5.97. The van der Waals surface area contributed by atoms with Crippen molar-refractivity contribution in [1.29, 1.82) is 0 Å². The van der Waals surface area contributed by atoms with Gasteiger partial charge in [-0.15, -0.1) is 0 Å². The minimum Gasteiger partial charge on any atom is -0.348 e. The van der Waals surface area contributed by atoms with E-state index in [1.54, 1.807) is 10.6 Å². The molecule has 4 heteroatoms. The van der Waals surface area contributed by atoms with Gasteiger partial charge in [0.05, 0.1) is 0 Å². The molecule has 0 bridgehead atoms. The van der Waals surface area contributed by atoms with E-state index < -0.39 is 0 Å². The van der Waals surface area contributed by atoms with Crippen LogP contribution in [-0.2, 0) is 0 Å². The first-order chi connectivity index (χ1) is 9.58. The molecule has 20 heavy (non-hydrogen) atoms. The number of carbonyl (C=O) groups excluding carboxylic acids is 1. The lowest BCUT2D eigenvalue weighted by Crippen LogP contribution is -2.34. The summed E-state index contributed by atoms with van der Waals surface area (Å²) in [6.45, 7) is 3.84. The normalized spacial score (nSPS) is 14.8. The van der Waals surface area contributed by atoms with Crippen molar-refractivity contribution >= 4 is 16.7 Å². The molecule has 1 aromatic carbocycles. The van der Waals surface area contributed by atoms with Gasteiger partial charge in [-0.25, -0.2) is 0 Å². The van der Waals surface area contributed by atoms with Gasteiger partial charge in [-0.1, -0.05) is 18.2 Å². The van der Waals surface area contributed by atoms with Crippen molar-refractivity contribution in [2.45, 2.75) is 38.8 Å². The number of rotatable bonds is 3. The maximum Gasteiger partial charge on any atom is 0.268 e. The van der Waals surface area contributed by atoms with E-state index in [-0.39, 0.29) is 23.6 Å². The van der Waals surface area contributed by atoms with Crippen LogP contribution in [0.1, 0.15) is 43.2 Å². The average molecular weight is 270 g/mol. The van der Waals surface area contributed by atoms with Crippen LogP contribution in [0, 0.1) is 0 Å². The first-order valence-corrected chi connectivity index (χ1v) is 7.03. The molecular weight excluding hydrogens is 252 g/mol. The standard InChI is InChI=1S/C16H18N2O2/c1-10(2)18-14(15(19)17-12-7-8-12)9-11-5-3-4-6-13(11)16(18)20/h3-6,9-10,12H,7-8H2,1-2H3,(H,17,19). The average Bonchev–Trinajstić information content (AvgIpc) is 3.22. The van der Waals surface area contributed by atoms with Crippen LogP contribution in [0.5, 0.6) is 0 Å². The van der Waals surface area contributed by atoms with Crippen LogP contribution in [-0.4, -0.2) is 16.5 Å². The molecule has 1 heterocycles. The van der Waals surface area contributed by atoms with E-state index >= 15 is 0 Å². The number of fused-ring (bicyclic) bond motifs is 1. The molecule has 0 unspecified atom stereocenters. The zero-order valence-electron chi connectivity index (χ0n) is 11.7. The molecule has 0 radical (unpaired) electrons. The first kappa shape index (κ1) is 12.9. The largest absolute Gasteiger partial charge is 0.348 e. The monoisotopic (exact) mass is 270 g/mol. The summed E-state index contributed by atoms with van der Waals surface area (Å²) >= 11 is 0. The molecule has 2 aromatic rings. The van der Waals surface area contributed by atoms with E-state index in [1.807, 2.05) is 38.1 Å². The van der Waals surface area contributed by atoms with Crippen LogP contribution in [0.25, 0.3) is 10.8 Å². The number of pyridine rings is 1. The third-order valence-electron chi connectivity index (χ3n) is 3.62. The number of aromatic nitrogens is 1. The van der Waals surface area contributed by atoms with Gasteiger partial charge >= 0.3 is 0 Å². The van der Waals surface area contributed by atoms with Crippen molar-refractivity contribution in [2.75, 3.05) is 0 Å². The number of amides is 1. The Kier molecular flexibility index (Phi) is 3.08. The highest BCUT2D eigenvalue weighted by Crippen LogP contribution is 2.21. The van der Waals surface area contributed by atoms with Gasteiger partial charge in [-0.3, -0.25) is 9.59 Å². The summed E-state index contributed by atoms with van der Waals surface area (Å²) in [6.07, 6.45) is 2.07. The van der Waals surface area contributed by atoms with Gasteiger partial charge in [-0.05, 0) is 44.2 Å². The van der Waals surface area contributed by atoms with E-state index in [0.29, 0.717) is 11.1 Å². The summed E-state index contributed by atoms with van der Waals surface area (Å²) < 4.78 is 1.58. The second-order valence-electron chi connectivity index (χ2n) is 5.63. The molecule has 104 valence electrons. The number of carbonyl (C=O) groups is 1. The maximum absolute atomic E-state index is 12.6. The summed E-state index contributed by atoms with van der Waals surface area (Å²) in [5.74, 6) is -0.149. The maximum atomic E-state index is 12.6. The Bertz CT molecular complexity index is 727. The zero-order chi connectivity index (χ0) is 14.3. The molecular formula is C16H18N2O2. The molecule has 0 atom stereocenters. The summed E-state index contributed by atoms with van der Waals surface area (Å²) in [5, 5.41) is 4.43. The Morgan fingerprint density at radius 1 is 1.30 bits per heavy atom. The third-order valence-corrected chi connectivity index (χ3v) is 3.62. The number of nitrogens with one attached hydrogen (secondary N) is 1. The van der Waals surface area contributed by atoms with Crippen LogP contribution in [0.3, 0.4) is 0 Å². The smallest absolute Gasteiger partial charge is 0.268 e. The molecule has 1 saturated carbocycles. The lowest BCUT2D eigenvalue weighted by atomic mass is 10.1. The zero-order valence-corrected chi connectivity index (χ0v) is 11.7. The lowest BCUT2D eigenvalue weighted by molar-refractivity contribution is 0.0939. The fraction of sp³-hybridized carbons (Fsp3) is 0.375. The van der Waals surface area contributed by atoms with Crippen molar-refractivity contribution < 1.29 is 4.79 Å². The van der Waals surface area contributed by atoms with Crippen LogP contribution >= 0.6 is 0 Å². The molecule has 3 rings (SSSR count). The van der Waals surface area contributed by atoms with Gasteiger partial charge in [0.2, 0.25) is 0 Å². The van der Waals surface area contributed by atoms with Gasteiger partial charge in [0.15, 0.2) is 0 Å². The Hall–Kier alpha value is -2.10. The molecule has 0 aliphatic heterocycles. The molecule has 0 spiro atoms. The summed E-state index contributed by atoms with van der Waals surface area (Å²) in [4.78, 5) is 24.9. The topological polar surface area (TPSA) is 51.1 Å². The summed E-state index contributed by atoms with van der Waals surface area (Å²) in [7, 11) is 0. The quantitative estimate of drug-likeness (QED) is 0.931. The van der Waals surface area contributed by atoms with E-state index in [4.69, 9.17) is 0 Å². The Morgan fingerprint density at radius 2 is 2.00 bits per heavy atom. The minimum atomic E-state index is -0.149. The molecule has 1 fully saturated rings. The van der Waals surface area contributed by atoms with E-state index in [0.717, 1.165) is 18.2 Å². The fourth-order valence-corrected chi connectivity index (χ4v) is 2.45. The van der Waals surface area contributed by atoms with Crippen LogP contribution < -0.4 is 10.9 Å². The van der Waals surface area contributed by atoms with Crippen molar-refractivity contribution in [3.63, 3.8) is 0 Å². The molecule has 1 aromatic heterocycles. The molecule has 1 N–H and O–H groups in total. The van der Waals surface area contributed by atoms with Crippen molar-refractivity contribution in [1.82, 2.24) is 9.88 Å². The van der Waals surface area contributed by atoms with Crippen LogP contribution in [0.15, 0.2) is 35.1 Å². The van der Waals surface area contributed by atoms with E-state index in [1.165, 1.54) is 0 Å². The van der Waals surface area contributed by atoms with E-state index in [9.17, 15) is 9.59 Å². The molecule has 0 saturated heterocycles. The van der Waals surface area contributed by atoms with Crippen molar-refractivity contribution in [3.05, 3.63) is 46.4 Å². The third kappa shape index (κ3) is 2.22. The highest BCUT2D eigenvalue weighted by atomic mass is 16.2. The molecule has 4 nitrogen and oxygen atoms in total. The molecule has 1 aliphatic rings. The first-order valence-electron chi connectivity index (χ1n) is 7.03. The fourth-order valence-electron chi connectivity index (χ4n) is 2.45. The van der Waals surface area contributed by atoms with Gasteiger partial charge in [0, 0.05) is 17.5 Å². The van der Waals surface area contributed by atoms with Gasteiger partial charge in [0.25, 0.3) is 11.5 Å². The van der Waals surface area contributed by atoms with Gasteiger partial charge in [-0.2, -0.15) is 0 Å². The predicted molar refractivity (Wildman–Crippen MR) is 79.1 cm³/mol. The van der Waals surface area contributed by atoms with Crippen LogP contribution in [0.2, 0.25) is 0 Å². The SMILES string of the molecule is CC(C)n1c(C(=O)NC2CC2)cc2ccccc2c1=O. The van der Waals surface area contributed by atoms with E-state index in [2.05, 4.69) is 5.32 Å². The minimum absolute atomic E-state index is 0.0490. The van der Waals surface area contributed by atoms with Crippen LogP contribution in [0.4, 0.5) is 0 Å². The number of nitrogens with zero attached hydrogens (tertiary/aromatic N) is 1. The molecule has 1 amide bonds. The van der Waals surface area contributed by atoms with Crippen molar-refractivity contribution in [2.24, 2.45) is 0 Å².